The molecule has 2 heterocycles. The number of Topliss-reactive ketones (excluding diaryl/α,β-unsaturated/α-hetero) is 2. The quantitative estimate of drug-likeness (QED) is 0.277. The number of likely N-dealkylation sites (tertiary alicyclic amines) is 1. The molecule has 0 aromatic heterocycles. The van der Waals surface area contributed by atoms with E-state index in [-0.39, 0.29) is 53.4 Å². The van der Waals surface area contributed by atoms with Gasteiger partial charge in [-0.25, -0.2) is 13.2 Å². The first-order valence-electron chi connectivity index (χ1n) is 17.9. The zero-order valence-electron chi connectivity index (χ0n) is 30.7. The summed E-state index contributed by atoms with van der Waals surface area (Å²) in [5.41, 5.74) is 4.62. The monoisotopic (exact) mass is 713 g/mol. The number of primary amides is 1. The maximum atomic E-state index is 14.5. The van der Waals surface area contributed by atoms with E-state index < -0.39 is 68.5 Å². The van der Waals surface area contributed by atoms with Crippen LogP contribution in [0.4, 0.5) is 4.79 Å². The fourth-order valence-electron chi connectivity index (χ4n) is 8.21. The zero-order chi connectivity index (χ0) is 37.1. The second-order valence-electron chi connectivity index (χ2n) is 17.8. The van der Waals surface area contributed by atoms with Crippen LogP contribution < -0.4 is 16.4 Å². The van der Waals surface area contributed by atoms with Gasteiger partial charge in [0.2, 0.25) is 21.7 Å². The number of hydrogen-bond acceptors (Lipinski definition) is 7. The summed E-state index contributed by atoms with van der Waals surface area (Å²) < 4.78 is 28.0. The van der Waals surface area contributed by atoms with Crippen LogP contribution in [0.2, 0.25) is 0 Å². The second kappa shape index (κ2) is 13.3. The Bertz CT molecular complexity index is 1660. The van der Waals surface area contributed by atoms with Gasteiger partial charge in [0.25, 0.3) is 5.91 Å². The summed E-state index contributed by atoms with van der Waals surface area (Å²) in [6, 6.07) is 3.83. The van der Waals surface area contributed by atoms with Gasteiger partial charge in [0, 0.05) is 38.0 Å². The Hall–Kier alpha value is -3.32. The van der Waals surface area contributed by atoms with Gasteiger partial charge in [0.15, 0.2) is 5.78 Å². The number of carbonyl (C=O) groups excluding carboxylic acids is 5. The van der Waals surface area contributed by atoms with Crippen LogP contribution >= 0.6 is 0 Å². The smallest absolute Gasteiger partial charge is 0.315 e. The molecule has 13 heteroatoms. The van der Waals surface area contributed by atoms with Crippen molar-refractivity contribution in [3.05, 3.63) is 29.8 Å². The van der Waals surface area contributed by atoms with E-state index in [0.717, 1.165) is 19.3 Å². The molecule has 1 saturated heterocycles. The maximum absolute atomic E-state index is 14.5. The lowest BCUT2D eigenvalue weighted by Gasteiger charge is -2.39. The van der Waals surface area contributed by atoms with Crippen LogP contribution in [0.25, 0.3) is 0 Å². The molecule has 1 aromatic carbocycles. The number of amides is 4. The highest BCUT2D eigenvalue weighted by Crippen LogP contribution is 2.65. The van der Waals surface area contributed by atoms with Crippen molar-refractivity contribution in [1.29, 1.82) is 0 Å². The summed E-state index contributed by atoms with van der Waals surface area (Å²) in [6.45, 7) is 16.0. The van der Waals surface area contributed by atoms with Crippen LogP contribution in [0, 0.1) is 39.9 Å². The topological polar surface area (TPSA) is 176 Å². The number of carbonyl (C=O) groups is 5. The minimum Gasteiger partial charge on any atom is -0.363 e. The molecule has 6 atom stereocenters. The molecule has 2 aliphatic heterocycles. The molecule has 4 N–H and O–H groups in total. The third-order valence-electron chi connectivity index (χ3n) is 11.8. The summed E-state index contributed by atoms with van der Waals surface area (Å²) in [7, 11) is -3.74. The first kappa shape index (κ1) is 37.9. The summed E-state index contributed by atoms with van der Waals surface area (Å²) in [4.78, 5) is 68.9. The average Bonchev–Trinajstić information content (AvgIpc) is 3.25. The SMILES string of the molecule is CC(C)(C)[C@H](NC(=O)N[C@H](CN1Cc2ccccc2S1(=O)=O)C(C)(C)C)C(=O)N1C[C@H]2[C@@H]([C@H]1C(=O)CC(CC1CCC1)C(=O)C(N)=O)C2(C)C. The number of ketones is 2. The van der Waals surface area contributed by atoms with Gasteiger partial charge in [-0.3, -0.25) is 19.2 Å². The summed E-state index contributed by atoms with van der Waals surface area (Å²) in [5, 5.41) is 5.85. The molecule has 50 heavy (non-hydrogen) atoms. The van der Waals surface area contributed by atoms with Gasteiger partial charge < -0.3 is 21.3 Å². The highest BCUT2D eigenvalue weighted by atomic mass is 32.2. The van der Waals surface area contributed by atoms with Crippen LogP contribution in [0.15, 0.2) is 29.2 Å². The Balaban J connectivity index is 1.33. The van der Waals surface area contributed by atoms with Crippen LogP contribution in [-0.4, -0.2) is 78.2 Å². The molecule has 0 radical (unpaired) electrons. The van der Waals surface area contributed by atoms with Crippen LogP contribution in [0.1, 0.15) is 93.1 Å². The van der Waals surface area contributed by atoms with Gasteiger partial charge in [-0.2, -0.15) is 4.31 Å². The highest BCUT2D eigenvalue weighted by Gasteiger charge is 2.69. The van der Waals surface area contributed by atoms with E-state index in [1.54, 1.807) is 29.2 Å². The number of nitrogens with one attached hydrogen (secondary N) is 2. The molecule has 12 nitrogen and oxygen atoms in total. The molecule has 2 saturated carbocycles. The van der Waals surface area contributed by atoms with E-state index in [9.17, 15) is 32.4 Å². The highest BCUT2D eigenvalue weighted by molar-refractivity contribution is 7.89. The third-order valence-corrected chi connectivity index (χ3v) is 13.7. The third kappa shape index (κ3) is 7.35. The lowest BCUT2D eigenvalue weighted by molar-refractivity contribution is -0.144. The lowest BCUT2D eigenvalue weighted by Crippen LogP contribution is -2.61. The van der Waals surface area contributed by atoms with Gasteiger partial charge in [-0.1, -0.05) is 92.9 Å². The first-order chi connectivity index (χ1) is 23.0. The molecular formula is C37H55N5O7S. The van der Waals surface area contributed by atoms with Gasteiger partial charge >= 0.3 is 6.03 Å². The number of nitrogens with two attached hydrogens (primary N) is 1. The van der Waals surface area contributed by atoms with E-state index in [1.807, 2.05) is 41.5 Å². The summed E-state index contributed by atoms with van der Waals surface area (Å²) in [6.07, 6.45) is 3.21. The van der Waals surface area contributed by atoms with Gasteiger partial charge in [0.05, 0.1) is 10.9 Å². The molecular weight excluding hydrogens is 659 g/mol. The van der Waals surface area contributed by atoms with E-state index in [4.69, 9.17) is 5.73 Å². The molecule has 4 amide bonds. The molecule has 4 aliphatic rings. The molecule has 2 aliphatic carbocycles. The van der Waals surface area contributed by atoms with Crippen molar-refractivity contribution in [2.45, 2.75) is 117 Å². The molecule has 1 aromatic rings. The molecule has 5 rings (SSSR count). The molecule has 1 unspecified atom stereocenters. The Kier molecular flexibility index (Phi) is 10.1. The zero-order valence-corrected chi connectivity index (χ0v) is 31.6. The number of sulfonamides is 1. The minimum absolute atomic E-state index is 0.0370. The number of urea groups is 1. The number of fused-ring (bicyclic) bond motifs is 2. The fourth-order valence-corrected chi connectivity index (χ4v) is 9.86. The van der Waals surface area contributed by atoms with E-state index >= 15 is 0 Å². The Morgan fingerprint density at radius 3 is 2.16 bits per heavy atom. The predicted molar refractivity (Wildman–Crippen MR) is 188 cm³/mol. The number of nitrogens with zero attached hydrogens (tertiary/aromatic N) is 2. The van der Waals surface area contributed by atoms with E-state index in [1.165, 1.54) is 4.31 Å². The van der Waals surface area contributed by atoms with Gasteiger partial charge in [-0.05, 0) is 52.0 Å². The number of hydrogen-bond donors (Lipinski definition) is 3. The minimum atomic E-state index is -3.74. The summed E-state index contributed by atoms with van der Waals surface area (Å²) >= 11 is 0. The second-order valence-corrected chi connectivity index (χ2v) is 19.7. The average molecular weight is 714 g/mol. The van der Waals surface area contributed by atoms with Gasteiger partial charge in [-0.15, -0.1) is 0 Å². The molecule has 0 bridgehead atoms. The van der Waals surface area contributed by atoms with Crippen molar-refractivity contribution in [1.82, 2.24) is 19.8 Å². The lowest BCUT2D eigenvalue weighted by atomic mass is 9.76. The van der Waals surface area contributed by atoms with Crippen molar-refractivity contribution < 1.29 is 32.4 Å². The Labute approximate surface area is 296 Å². The van der Waals surface area contributed by atoms with Crippen molar-refractivity contribution >= 4 is 39.4 Å². The normalized spacial score (nSPS) is 25.8. The number of rotatable bonds is 12. The van der Waals surface area contributed by atoms with Crippen molar-refractivity contribution in [2.75, 3.05) is 13.1 Å². The fraction of sp³-hybridized carbons (Fsp3) is 0.703. The van der Waals surface area contributed by atoms with Crippen LogP contribution in [0.5, 0.6) is 0 Å². The van der Waals surface area contributed by atoms with Crippen LogP contribution in [-0.2, 0) is 35.7 Å². The van der Waals surface area contributed by atoms with Gasteiger partial charge in [0.1, 0.15) is 6.04 Å². The Morgan fingerprint density at radius 2 is 1.62 bits per heavy atom. The molecule has 0 spiro atoms. The number of benzene rings is 1. The van der Waals surface area contributed by atoms with E-state index in [2.05, 4.69) is 24.5 Å². The Morgan fingerprint density at radius 1 is 0.980 bits per heavy atom. The maximum Gasteiger partial charge on any atom is 0.315 e. The van der Waals surface area contributed by atoms with Crippen molar-refractivity contribution in [3.8, 4) is 0 Å². The van der Waals surface area contributed by atoms with Crippen molar-refractivity contribution in [2.24, 2.45) is 45.7 Å². The van der Waals surface area contributed by atoms with Crippen LogP contribution in [0.3, 0.4) is 0 Å². The predicted octanol–water partition coefficient (Wildman–Crippen LogP) is 3.62. The number of piperidine rings is 1. The standard InChI is InChI=1S/C37H55N5O7S/c1-35(2,3)27(20-41-18-22-14-9-10-15-26(22)50(41,48)49)39-34(47)40-31(36(4,5)6)33(46)42-19-24-28(37(24,7)8)29(42)25(43)17-23(30(44)32(38)45)16-21-12-11-13-21/h9-10,14-15,21,23-24,27-29,31H,11-13,16-20H2,1-8H3,(H2,38,45)(H2,39,40,47)/t23?,24-,27+,28-,29+,31+/m0/s1. The molecule has 276 valence electrons. The first-order valence-corrected chi connectivity index (χ1v) is 19.3. The van der Waals surface area contributed by atoms with E-state index in [0.29, 0.717) is 18.5 Å². The molecule has 3 fully saturated rings. The largest absolute Gasteiger partial charge is 0.363 e. The summed E-state index contributed by atoms with van der Waals surface area (Å²) in [5.74, 6) is -2.99. The van der Waals surface area contributed by atoms with Crippen molar-refractivity contribution in [3.63, 3.8) is 0 Å².